The summed E-state index contributed by atoms with van der Waals surface area (Å²) in [6.07, 6.45) is 2.84. The molecule has 2 aromatic rings. The van der Waals surface area contributed by atoms with E-state index in [1.165, 1.54) is 12.1 Å². The Bertz CT molecular complexity index is 957. The van der Waals surface area contributed by atoms with E-state index in [0.29, 0.717) is 43.9 Å². The Morgan fingerprint density at radius 1 is 1.16 bits per heavy atom. The van der Waals surface area contributed by atoms with Crippen molar-refractivity contribution >= 4 is 17.5 Å². The van der Waals surface area contributed by atoms with Gasteiger partial charge in [0.1, 0.15) is 5.82 Å². The Balaban J connectivity index is 1.44. The number of nitrogens with one attached hydrogen (secondary N) is 1. The molecule has 0 radical (unpaired) electrons. The van der Waals surface area contributed by atoms with Crippen LogP contribution >= 0.6 is 0 Å². The quantitative estimate of drug-likeness (QED) is 0.724. The highest BCUT2D eigenvalue weighted by Crippen LogP contribution is 2.36. The lowest BCUT2D eigenvalue weighted by Gasteiger charge is -2.36. The van der Waals surface area contributed by atoms with Crippen LogP contribution in [0.25, 0.3) is 0 Å². The van der Waals surface area contributed by atoms with Crippen molar-refractivity contribution in [2.75, 3.05) is 31.6 Å². The highest BCUT2D eigenvalue weighted by atomic mass is 19.1. The maximum atomic E-state index is 13.9. The van der Waals surface area contributed by atoms with E-state index >= 15 is 0 Å². The molecule has 6 nitrogen and oxygen atoms in total. The van der Waals surface area contributed by atoms with Gasteiger partial charge in [-0.05, 0) is 67.6 Å². The van der Waals surface area contributed by atoms with Crippen molar-refractivity contribution in [3.05, 3.63) is 65.5 Å². The first-order valence-corrected chi connectivity index (χ1v) is 11.2. The van der Waals surface area contributed by atoms with Gasteiger partial charge in [0, 0.05) is 32.0 Å². The molecule has 0 aliphatic carbocycles. The van der Waals surface area contributed by atoms with Crippen molar-refractivity contribution in [1.29, 1.82) is 0 Å². The van der Waals surface area contributed by atoms with Gasteiger partial charge in [0.2, 0.25) is 11.8 Å². The second-order valence-corrected chi connectivity index (χ2v) is 8.83. The van der Waals surface area contributed by atoms with Gasteiger partial charge >= 0.3 is 0 Å². The van der Waals surface area contributed by atoms with Gasteiger partial charge in [0.05, 0.1) is 11.3 Å². The lowest BCUT2D eigenvalue weighted by molar-refractivity contribution is -0.125. The molecule has 4 rings (SSSR count). The van der Waals surface area contributed by atoms with Crippen molar-refractivity contribution in [1.82, 2.24) is 4.90 Å². The standard InChI is InChI=1S/C25H30FN3O3/c26-21-5-1-4-20(15-21)25(10-13-32-14-11-25)24(31)28-22-8-6-18(7-9-22)16-29-12-2-3-19(17-29)23(27)30/h1,4-9,15,19H,2-3,10-14,16-17H2,(H2,27,30)(H,28,31). The number of nitrogens with two attached hydrogens (primary N) is 1. The number of benzene rings is 2. The predicted molar refractivity (Wildman–Crippen MR) is 120 cm³/mol. The van der Waals surface area contributed by atoms with Crippen LogP contribution < -0.4 is 11.1 Å². The third kappa shape index (κ3) is 5.00. The molecule has 32 heavy (non-hydrogen) atoms. The Hall–Kier alpha value is -2.77. The van der Waals surface area contributed by atoms with Crippen molar-refractivity contribution in [2.24, 2.45) is 11.7 Å². The van der Waals surface area contributed by atoms with E-state index in [1.54, 1.807) is 6.07 Å². The number of likely N-dealkylation sites (tertiary alicyclic amines) is 1. The Morgan fingerprint density at radius 2 is 1.91 bits per heavy atom. The number of halogens is 1. The van der Waals surface area contributed by atoms with Crippen LogP contribution in [-0.2, 0) is 26.3 Å². The van der Waals surface area contributed by atoms with Gasteiger partial charge in [0.25, 0.3) is 0 Å². The van der Waals surface area contributed by atoms with Crippen LogP contribution in [0.4, 0.5) is 10.1 Å². The van der Waals surface area contributed by atoms with Gasteiger partial charge < -0.3 is 15.8 Å². The first-order valence-electron chi connectivity index (χ1n) is 11.2. The van der Waals surface area contributed by atoms with E-state index < -0.39 is 5.41 Å². The molecule has 2 amide bonds. The predicted octanol–water partition coefficient (Wildman–Crippen LogP) is 3.21. The van der Waals surface area contributed by atoms with Gasteiger partial charge in [-0.25, -0.2) is 4.39 Å². The van der Waals surface area contributed by atoms with Crippen LogP contribution in [0, 0.1) is 11.7 Å². The number of hydrogen-bond donors (Lipinski definition) is 2. The third-order valence-electron chi connectivity index (χ3n) is 6.68. The molecular weight excluding hydrogens is 409 g/mol. The summed E-state index contributed by atoms with van der Waals surface area (Å²) in [6.45, 7) is 3.30. The van der Waals surface area contributed by atoms with E-state index in [2.05, 4.69) is 10.2 Å². The minimum Gasteiger partial charge on any atom is -0.381 e. The molecule has 2 aliphatic rings. The van der Waals surface area contributed by atoms with Crippen LogP contribution in [-0.4, -0.2) is 43.0 Å². The number of rotatable bonds is 6. The van der Waals surface area contributed by atoms with Gasteiger partial charge in [-0.3, -0.25) is 14.5 Å². The zero-order chi connectivity index (χ0) is 22.6. The number of piperidine rings is 1. The summed E-state index contributed by atoms with van der Waals surface area (Å²) in [7, 11) is 0. The van der Waals surface area contributed by atoms with Crippen molar-refractivity contribution < 1.29 is 18.7 Å². The fraction of sp³-hybridized carbons (Fsp3) is 0.440. The Labute approximate surface area is 187 Å². The molecule has 2 heterocycles. The molecule has 0 saturated carbocycles. The second kappa shape index (κ2) is 9.79. The van der Waals surface area contributed by atoms with Gasteiger partial charge in [0.15, 0.2) is 0 Å². The summed E-state index contributed by atoms with van der Waals surface area (Å²) >= 11 is 0. The summed E-state index contributed by atoms with van der Waals surface area (Å²) in [5, 5.41) is 3.03. The summed E-state index contributed by atoms with van der Waals surface area (Å²) < 4.78 is 19.4. The zero-order valence-corrected chi connectivity index (χ0v) is 18.2. The normalized spacial score (nSPS) is 21.1. The molecule has 1 atom stereocenters. The van der Waals surface area contributed by atoms with Crippen LogP contribution in [0.2, 0.25) is 0 Å². The van der Waals surface area contributed by atoms with E-state index in [9.17, 15) is 14.0 Å². The average molecular weight is 440 g/mol. The smallest absolute Gasteiger partial charge is 0.235 e. The van der Waals surface area contributed by atoms with Crippen LogP contribution in [0.15, 0.2) is 48.5 Å². The lowest BCUT2D eigenvalue weighted by Crippen LogP contribution is -2.44. The topological polar surface area (TPSA) is 84.7 Å². The van der Waals surface area contributed by atoms with Gasteiger partial charge in [-0.2, -0.15) is 0 Å². The van der Waals surface area contributed by atoms with Crippen molar-refractivity contribution in [3.8, 4) is 0 Å². The number of carbonyl (C=O) groups is 2. The molecule has 3 N–H and O–H groups in total. The molecular formula is C25H30FN3O3. The summed E-state index contributed by atoms with van der Waals surface area (Å²) in [5.74, 6) is -0.796. The summed E-state index contributed by atoms with van der Waals surface area (Å²) in [5.41, 5.74) is 7.17. The number of carbonyl (C=O) groups excluding carboxylic acids is 2. The fourth-order valence-corrected chi connectivity index (χ4v) is 4.79. The number of anilines is 1. The van der Waals surface area contributed by atoms with E-state index in [1.807, 2.05) is 30.3 Å². The number of primary amides is 1. The number of ether oxygens (including phenoxy) is 1. The second-order valence-electron chi connectivity index (χ2n) is 8.83. The van der Waals surface area contributed by atoms with Crippen LogP contribution in [0.5, 0.6) is 0 Å². The molecule has 2 saturated heterocycles. The lowest BCUT2D eigenvalue weighted by atomic mass is 9.73. The minimum atomic E-state index is -0.809. The maximum Gasteiger partial charge on any atom is 0.235 e. The SMILES string of the molecule is NC(=O)C1CCCN(Cc2ccc(NC(=O)C3(c4cccc(F)c4)CCOCC3)cc2)C1. The van der Waals surface area contributed by atoms with Gasteiger partial charge in [-0.1, -0.05) is 24.3 Å². The molecule has 1 unspecified atom stereocenters. The Kier molecular flexibility index (Phi) is 6.86. The molecule has 2 fully saturated rings. The highest BCUT2D eigenvalue weighted by molar-refractivity contribution is 5.99. The zero-order valence-electron chi connectivity index (χ0n) is 18.2. The largest absolute Gasteiger partial charge is 0.381 e. The number of hydrogen-bond acceptors (Lipinski definition) is 4. The molecule has 0 bridgehead atoms. The summed E-state index contributed by atoms with van der Waals surface area (Å²) in [4.78, 5) is 27.1. The van der Waals surface area contributed by atoms with Crippen LogP contribution in [0.1, 0.15) is 36.8 Å². The summed E-state index contributed by atoms with van der Waals surface area (Å²) in [6, 6.07) is 14.1. The molecule has 0 spiro atoms. The van der Waals surface area contributed by atoms with Gasteiger partial charge in [-0.15, -0.1) is 0 Å². The third-order valence-corrected chi connectivity index (χ3v) is 6.68. The average Bonchev–Trinajstić information content (AvgIpc) is 2.81. The molecule has 2 aromatic carbocycles. The van der Waals surface area contributed by atoms with E-state index in [4.69, 9.17) is 10.5 Å². The first-order chi connectivity index (χ1) is 15.5. The first kappa shape index (κ1) is 22.4. The van der Waals surface area contributed by atoms with E-state index in [-0.39, 0.29) is 23.5 Å². The molecule has 2 aliphatic heterocycles. The molecule has 7 heteroatoms. The highest BCUT2D eigenvalue weighted by Gasteiger charge is 2.42. The monoisotopic (exact) mass is 439 g/mol. The molecule has 0 aromatic heterocycles. The fourth-order valence-electron chi connectivity index (χ4n) is 4.79. The number of nitrogens with zero attached hydrogens (tertiary/aromatic N) is 1. The molecule has 170 valence electrons. The minimum absolute atomic E-state index is 0.0826. The van der Waals surface area contributed by atoms with Crippen molar-refractivity contribution in [2.45, 2.75) is 37.6 Å². The van der Waals surface area contributed by atoms with Crippen molar-refractivity contribution in [3.63, 3.8) is 0 Å². The Morgan fingerprint density at radius 3 is 2.59 bits per heavy atom. The maximum absolute atomic E-state index is 13.9. The number of amides is 2. The van der Waals surface area contributed by atoms with Crippen LogP contribution in [0.3, 0.4) is 0 Å². The van der Waals surface area contributed by atoms with E-state index in [0.717, 1.165) is 31.5 Å².